The fourth-order valence-electron chi connectivity index (χ4n) is 5.44. The van der Waals surface area contributed by atoms with E-state index in [9.17, 15) is 4.79 Å². The van der Waals surface area contributed by atoms with Crippen molar-refractivity contribution < 1.29 is 0 Å². The zero-order valence-corrected chi connectivity index (χ0v) is 21.3. The number of aromatic nitrogens is 4. The molecule has 0 saturated carbocycles. The lowest BCUT2D eigenvalue weighted by Gasteiger charge is -2.33. The van der Waals surface area contributed by atoms with Gasteiger partial charge in [-0.1, -0.05) is 29.8 Å². The van der Waals surface area contributed by atoms with Gasteiger partial charge in [0, 0.05) is 13.1 Å². The van der Waals surface area contributed by atoms with Gasteiger partial charge in [0.05, 0.1) is 39.4 Å². The number of halogens is 2. The second-order valence-corrected chi connectivity index (χ2v) is 10.8. The number of nitrogens with zero attached hydrogens (tertiary/aromatic N) is 5. The van der Waals surface area contributed by atoms with Gasteiger partial charge in [-0.2, -0.15) is 4.98 Å². The molecule has 0 aliphatic carbocycles. The summed E-state index contributed by atoms with van der Waals surface area (Å²) >= 11 is 9.77. The summed E-state index contributed by atoms with van der Waals surface area (Å²) in [6.45, 7) is 6.13. The SMILES string of the molecule is CC1(C)c2ccc(C3CCN(c4cnc(Br)cn4)CC3)cc2-n2c1nc(=O)c1c(Cl)cccc12. The van der Waals surface area contributed by atoms with Gasteiger partial charge in [-0.25, -0.2) is 9.97 Å². The Morgan fingerprint density at radius 3 is 2.62 bits per heavy atom. The van der Waals surface area contributed by atoms with Crippen LogP contribution in [-0.2, 0) is 5.41 Å². The Bertz CT molecular complexity index is 1490. The lowest BCUT2D eigenvalue weighted by Crippen LogP contribution is -2.33. The van der Waals surface area contributed by atoms with Gasteiger partial charge >= 0.3 is 0 Å². The summed E-state index contributed by atoms with van der Waals surface area (Å²) in [4.78, 5) is 28.5. The highest BCUT2D eigenvalue weighted by Gasteiger charge is 2.39. The molecular weight excluding hydrogens is 514 g/mol. The Hall–Kier alpha value is -2.77. The van der Waals surface area contributed by atoms with Gasteiger partial charge in [-0.15, -0.1) is 0 Å². The van der Waals surface area contributed by atoms with Crippen LogP contribution in [0.15, 0.2) is 58.2 Å². The number of fused-ring (bicyclic) bond motifs is 5. The Morgan fingerprint density at radius 2 is 1.88 bits per heavy atom. The van der Waals surface area contributed by atoms with E-state index in [2.05, 4.69) is 72.4 Å². The second-order valence-electron chi connectivity index (χ2n) is 9.57. The normalized spacial score (nSPS) is 17.1. The minimum Gasteiger partial charge on any atom is -0.355 e. The molecule has 4 aromatic rings. The fraction of sp³-hybridized carbons (Fsp3) is 0.308. The molecule has 172 valence electrons. The van der Waals surface area contributed by atoms with E-state index in [-0.39, 0.29) is 11.0 Å². The van der Waals surface area contributed by atoms with Crippen LogP contribution in [0.1, 0.15) is 49.6 Å². The van der Waals surface area contributed by atoms with Crippen LogP contribution in [0.3, 0.4) is 0 Å². The molecule has 0 atom stereocenters. The summed E-state index contributed by atoms with van der Waals surface area (Å²) in [6, 6.07) is 12.4. The molecule has 0 radical (unpaired) electrons. The number of benzene rings is 2. The van der Waals surface area contributed by atoms with Crippen LogP contribution in [0, 0.1) is 0 Å². The van der Waals surface area contributed by atoms with Crippen molar-refractivity contribution in [3.05, 3.63) is 85.7 Å². The van der Waals surface area contributed by atoms with Gasteiger partial charge in [0.15, 0.2) is 0 Å². The van der Waals surface area contributed by atoms with E-state index in [1.165, 1.54) is 11.1 Å². The molecule has 34 heavy (non-hydrogen) atoms. The van der Waals surface area contributed by atoms with Crippen LogP contribution in [0.5, 0.6) is 0 Å². The van der Waals surface area contributed by atoms with Crippen molar-refractivity contribution in [2.75, 3.05) is 18.0 Å². The monoisotopic (exact) mass is 535 g/mol. The third-order valence-electron chi connectivity index (χ3n) is 7.26. The average molecular weight is 537 g/mol. The van der Waals surface area contributed by atoms with Gasteiger partial charge in [0.2, 0.25) is 0 Å². The first kappa shape index (κ1) is 21.7. The van der Waals surface area contributed by atoms with E-state index in [0.717, 1.165) is 53.4 Å². The molecule has 0 bridgehead atoms. The summed E-state index contributed by atoms with van der Waals surface area (Å²) in [7, 11) is 0. The van der Waals surface area contributed by atoms with Crippen LogP contribution >= 0.6 is 27.5 Å². The Morgan fingerprint density at radius 1 is 1.09 bits per heavy atom. The number of anilines is 1. The van der Waals surface area contributed by atoms with E-state index < -0.39 is 0 Å². The number of hydrogen-bond acceptors (Lipinski definition) is 5. The van der Waals surface area contributed by atoms with Crippen LogP contribution in [0.4, 0.5) is 5.82 Å². The van der Waals surface area contributed by atoms with Crippen molar-refractivity contribution in [2.24, 2.45) is 0 Å². The molecule has 6 rings (SSSR count). The van der Waals surface area contributed by atoms with E-state index in [1.54, 1.807) is 12.3 Å². The third kappa shape index (κ3) is 3.28. The quantitative estimate of drug-likeness (QED) is 0.333. The Labute approximate surface area is 210 Å². The van der Waals surface area contributed by atoms with Gasteiger partial charge < -0.3 is 4.90 Å². The maximum Gasteiger partial charge on any atom is 0.282 e. The van der Waals surface area contributed by atoms with E-state index in [0.29, 0.717) is 16.3 Å². The molecule has 0 spiro atoms. The molecule has 1 fully saturated rings. The third-order valence-corrected chi connectivity index (χ3v) is 7.98. The first-order chi connectivity index (χ1) is 16.3. The molecule has 2 aliphatic heterocycles. The highest BCUT2D eigenvalue weighted by atomic mass is 79.9. The van der Waals surface area contributed by atoms with Crippen molar-refractivity contribution in [2.45, 2.75) is 38.0 Å². The molecule has 2 aliphatic rings. The maximum atomic E-state index is 12.9. The molecule has 2 aromatic heterocycles. The smallest absolute Gasteiger partial charge is 0.282 e. The van der Waals surface area contributed by atoms with Crippen molar-refractivity contribution >= 4 is 44.3 Å². The first-order valence-corrected chi connectivity index (χ1v) is 12.6. The molecular formula is C26H23BrClN5O. The van der Waals surface area contributed by atoms with E-state index in [1.807, 2.05) is 18.3 Å². The van der Waals surface area contributed by atoms with Crippen molar-refractivity contribution in [1.29, 1.82) is 0 Å². The number of hydrogen-bond donors (Lipinski definition) is 0. The van der Waals surface area contributed by atoms with Crippen LogP contribution in [-0.4, -0.2) is 32.6 Å². The minimum absolute atomic E-state index is 0.267. The highest BCUT2D eigenvalue weighted by Crippen LogP contribution is 2.44. The zero-order chi connectivity index (χ0) is 23.6. The van der Waals surface area contributed by atoms with Crippen molar-refractivity contribution in [1.82, 2.24) is 19.5 Å². The summed E-state index contributed by atoms with van der Waals surface area (Å²) in [5.41, 5.74) is 3.77. The number of rotatable bonds is 2. The van der Waals surface area contributed by atoms with Gasteiger partial charge in [-0.3, -0.25) is 9.36 Å². The zero-order valence-electron chi connectivity index (χ0n) is 18.9. The highest BCUT2D eigenvalue weighted by molar-refractivity contribution is 9.10. The van der Waals surface area contributed by atoms with Gasteiger partial charge in [0.25, 0.3) is 5.56 Å². The topological polar surface area (TPSA) is 63.9 Å². The van der Waals surface area contributed by atoms with Crippen LogP contribution in [0.2, 0.25) is 5.02 Å². The predicted octanol–water partition coefficient (Wildman–Crippen LogP) is 5.61. The second kappa shape index (κ2) is 7.89. The van der Waals surface area contributed by atoms with E-state index >= 15 is 0 Å². The average Bonchev–Trinajstić information content (AvgIpc) is 3.06. The van der Waals surface area contributed by atoms with Gasteiger partial charge in [-0.05, 0) is 77.9 Å². The molecule has 0 unspecified atom stereocenters. The summed E-state index contributed by atoms with van der Waals surface area (Å²) < 4.78 is 2.88. The molecule has 4 heterocycles. The van der Waals surface area contributed by atoms with Gasteiger partial charge in [0.1, 0.15) is 16.2 Å². The lowest BCUT2D eigenvalue weighted by atomic mass is 9.83. The van der Waals surface area contributed by atoms with Crippen molar-refractivity contribution in [3.8, 4) is 5.69 Å². The Kier molecular flexibility index (Phi) is 5.04. The standard InChI is InChI=1S/C26H23BrClN5O/c1-26(2)17-7-6-16(15-8-10-32(11-9-15)22-14-29-21(27)13-30-22)12-20(17)33-19-5-3-4-18(28)23(19)24(34)31-25(26)33/h3-7,12-15H,8-11H2,1-2H3. The molecule has 2 aromatic carbocycles. The van der Waals surface area contributed by atoms with Crippen LogP contribution in [0.25, 0.3) is 16.6 Å². The Balaban J connectivity index is 1.38. The fourth-order valence-corrected chi connectivity index (χ4v) is 5.89. The summed E-state index contributed by atoms with van der Waals surface area (Å²) in [5.74, 6) is 2.15. The summed E-state index contributed by atoms with van der Waals surface area (Å²) in [6.07, 6.45) is 5.66. The molecule has 0 amide bonds. The first-order valence-electron chi connectivity index (χ1n) is 11.4. The lowest BCUT2D eigenvalue weighted by molar-refractivity contribution is 0.502. The predicted molar refractivity (Wildman–Crippen MR) is 138 cm³/mol. The van der Waals surface area contributed by atoms with Crippen molar-refractivity contribution in [3.63, 3.8) is 0 Å². The molecule has 6 nitrogen and oxygen atoms in total. The minimum atomic E-state index is -0.368. The largest absolute Gasteiger partial charge is 0.355 e. The van der Waals surface area contributed by atoms with E-state index in [4.69, 9.17) is 11.6 Å². The van der Waals surface area contributed by atoms with Crippen LogP contribution < -0.4 is 10.5 Å². The molecule has 8 heteroatoms. The maximum absolute atomic E-state index is 12.9. The summed E-state index contributed by atoms with van der Waals surface area (Å²) in [5, 5.41) is 0.919. The molecule has 1 saturated heterocycles. The molecule has 0 N–H and O–H groups in total. The number of piperidine rings is 1.